The van der Waals surface area contributed by atoms with Gasteiger partial charge in [-0.1, -0.05) is 26.3 Å². The van der Waals surface area contributed by atoms with Crippen molar-refractivity contribution in [1.82, 2.24) is 9.55 Å². The van der Waals surface area contributed by atoms with Gasteiger partial charge in [0.05, 0.1) is 11.9 Å². The van der Waals surface area contributed by atoms with Gasteiger partial charge in [-0.25, -0.2) is 4.79 Å². The van der Waals surface area contributed by atoms with E-state index >= 15 is 0 Å². The maximum absolute atomic E-state index is 12.4. The fraction of sp³-hybridized carbons (Fsp3) is 0.500. The molecule has 1 fully saturated rings. The van der Waals surface area contributed by atoms with Crippen molar-refractivity contribution >= 4 is 11.5 Å². The largest absolute Gasteiger partial charge is 0.450 e. The normalized spacial score (nSPS) is 20.6. The van der Waals surface area contributed by atoms with Crippen molar-refractivity contribution in [3.8, 4) is 11.5 Å². The Balaban J connectivity index is 0.000000613. The molecule has 0 saturated heterocycles. The van der Waals surface area contributed by atoms with Crippen LogP contribution in [0.1, 0.15) is 57.6 Å². The van der Waals surface area contributed by atoms with Gasteiger partial charge in [-0.05, 0) is 50.3 Å². The Morgan fingerprint density at radius 2 is 1.92 bits per heavy atom. The van der Waals surface area contributed by atoms with Gasteiger partial charge >= 0.3 is 5.69 Å². The third kappa shape index (κ3) is 3.90. The first-order chi connectivity index (χ1) is 12.5. The van der Waals surface area contributed by atoms with E-state index in [4.69, 9.17) is 10.5 Å². The van der Waals surface area contributed by atoms with Crippen LogP contribution in [0.25, 0.3) is 0 Å². The first-order valence-electron chi connectivity index (χ1n) is 9.46. The van der Waals surface area contributed by atoms with Gasteiger partial charge in [0.15, 0.2) is 17.3 Å². The summed E-state index contributed by atoms with van der Waals surface area (Å²) in [5.74, 6) is 1.83. The number of nitrogens with zero attached hydrogens (tertiary/aromatic N) is 2. The maximum Gasteiger partial charge on any atom is 0.350 e. The molecule has 1 saturated carbocycles. The van der Waals surface area contributed by atoms with Crippen molar-refractivity contribution in [2.45, 2.75) is 65.0 Å². The second kappa shape index (κ2) is 7.91. The molecule has 26 heavy (non-hydrogen) atoms. The van der Waals surface area contributed by atoms with Crippen LogP contribution in [0.4, 0.5) is 11.5 Å². The minimum absolute atomic E-state index is 0.156. The fourth-order valence-corrected chi connectivity index (χ4v) is 3.33. The Kier molecular flexibility index (Phi) is 5.61. The average molecular weight is 356 g/mol. The van der Waals surface area contributed by atoms with E-state index in [1.807, 2.05) is 25.1 Å². The van der Waals surface area contributed by atoms with Crippen LogP contribution in [0, 0.1) is 6.92 Å². The molecule has 1 aromatic heterocycles. The number of aryl methyl sites for hydroxylation is 1. The molecule has 3 N–H and O–H groups in total. The second-order valence-electron chi connectivity index (χ2n) is 7.15. The molecule has 2 aromatic rings. The van der Waals surface area contributed by atoms with Gasteiger partial charge in [-0.15, -0.1) is 0 Å². The minimum atomic E-state index is -0.239. The molecule has 0 radical (unpaired) electrons. The van der Waals surface area contributed by atoms with Gasteiger partial charge in [0.1, 0.15) is 0 Å². The third-order valence-electron chi connectivity index (χ3n) is 4.66. The lowest BCUT2D eigenvalue weighted by Crippen LogP contribution is -2.33. The number of fused-ring (bicyclic) bond motifs is 2. The number of hydrogen-bond donors (Lipinski definition) is 2. The number of benzene rings is 1. The summed E-state index contributed by atoms with van der Waals surface area (Å²) < 4.78 is 7.63. The first-order valence-corrected chi connectivity index (χ1v) is 9.46. The van der Waals surface area contributed by atoms with Crippen LogP contribution in [0.5, 0.6) is 11.5 Å². The standard InChI is InChI=1S/C17H20N4O2.C3H8/c1-10-2-7-14-13(8-10)19-16-15(23-14)9-21(17(22)20-16)12-5-3-11(18)4-6-12;1-3-2/h2,7-9,11-12H,3-6,18H2,1H3,(H,19,20,22);3H2,1-2H3. The van der Waals surface area contributed by atoms with Crippen molar-refractivity contribution in [3.63, 3.8) is 0 Å². The Hall–Kier alpha value is -2.34. The molecular weight excluding hydrogens is 328 g/mol. The summed E-state index contributed by atoms with van der Waals surface area (Å²) in [6.45, 7) is 6.26. The molecule has 0 atom stereocenters. The lowest BCUT2D eigenvalue weighted by Gasteiger charge is -2.28. The number of rotatable bonds is 1. The van der Waals surface area contributed by atoms with Gasteiger partial charge in [0.2, 0.25) is 0 Å². The summed E-state index contributed by atoms with van der Waals surface area (Å²) in [4.78, 5) is 16.6. The number of anilines is 2. The molecule has 0 spiro atoms. The third-order valence-corrected chi connectivity index (χ3v) is 4.66. The van der Waals surface area contributed by atoms with Crippen LogP contribution in [0.2, 0.25) is 0 Å². The van der Waals surface area contributed by atoms with E-state index in [0.717, 1.165) is 42.7 Å². The number of ether oxygens (including phenoxy) is 1. The number of aromatic nitrogens is 2. The zero-order valence-corrected chi connectivity index (χ0v) is 15.8. The Bertz CT molecular complexity index is 823. The lowest BCUT2D eigenvalue weighted by atomic mass is 9.91. The molecule has 1 aromatic carbocycles. The SMILES string of the molecule is CCC.Cc1ccc2c(c1)Nc1nc(=O)n(C3CCC(N)CC3)cc1O2. The highest BCUT2D eigenvalue weighted by atomic mass is 16.5. The van der Waals surface area contributed by atoms with Crippen LogP contribution in [0.15, 0.2) is 29.2 Å². The Morgan fingerprint density at radius 3 is 2.62 bits per heavy atom. The van der Waals surface area contributed by atoms with E-state index in [2.05, 4.69) is 24.1 Å². The van der Waals surface area contributed by atoms with E-state index in [1.54, 1.807) is 10.8 Å². The second-order valence-corrected chi connectivity index (χ2v) is 7.15. The van der Waals surface area contributed by atoms with Crippen molar-refractivity contribution in [2.24, 2.45) is 5.73 Å². The van der Waals surface area contributed by atoms with Crippen LogP contribution >= 0.6 is 0 Å². The van der Waals surface area contributed by atoms with Crippen molar-refractivity contribution in [2.75, 3.05) is 5.32 Å². The van der Waals surface area contributed by atoms with Gasteiger partial charge in [0.25, 0.3) is 0 Å². The quantitative estimate of drug-likeness (QED) is 0.681. The van der Waals surface area contributed by atoms with E-state index in [9.17, 15) is 4.79 Å². The van der Waals surface area contributed by atoms with Crippen LogP contribution in [-0.4, -0.2) is 15.6 Å². The van der Waals surface area contributed by atoms with Gasteiger partial charge in [-0.2, -0.15) is 4.98 Å². The monoisotopic (exact) mass is 356 g/mol. The molecule has 2 aliphatic rings. The molecule has 2 heterocycles. The summed E-state index contributed by atoms with van der Waals surface area (Å²) >= 11 is 0. The van der Waals surface area contributed by atoms with E-state index in [0.29, 0.717) is 11.6 Å². The van der Waals surface area contributed by atoms with E-state index < -0.39 is 0 Å². The zero-order chi connectivity index (χ0) is 18.7. The zero-order valence-electron chi connectivity index (χ0n) is 15.8. The summed E-state index contributed by atoms with van der Waals surface area (Å²) in [6.07, 6.45) is 6.72. The highest BCUT2D eigenvalue weighted by molar-refractivity contribution is 5.72. The highest BCUT2D eigenvalue weighted by Crippen LogP contribution is 2.41. The van der Waals surface area contributed by atoms with Crippen molar-refractivity contribution in [1.29, 1.82) is 0 Å². The summed E-state index contributed by atoms with van der Waals surface area (Å²) in [7, 11) is 0. The molecule has 0 amide bonds. The maximum atomic E-state index is 12.4. The Labute approximate surface area is 154 Å². The average Bonchev–Trinajstić information content (AvgIpc) is 2.61. The molecular formula is C20H28N4O2. The minimum Gasteiger partial charge on any atom is -0.450 e. The highest BCUT2D eigenvalue weighted by Gasteiger charge is 2.24. The van der Waals surface area contributed by atoms with Crippen LogP contribution in [0.3, 0.4) is 0 Å². The number of hydrogen-bond acceptors (Lipinski definition) is 5. The topological polar surface area (TPSA) is 82.2 Å². The molecule has 6 heteroatoms. The molecule has 0 bridgehead atoms. The molecule has 1 aliphatic carbocycles. The lowest BCUT2D eigenvalue weighted by molar-refractivity contribution is 0.312. The molecule has 0 unspecified atom stereocenters. The number of nitrogens with one attached hydrogen (secondary N) is 1. The molecule has 4 rings (SSSR count). The molecule has 140 valence electrons. The van der Waals surface area contributed by atoms with Gasteiger partial charge in [0, 0.05) is 12.1 Å². The van der Waals surface area contributed by atoms with Gasteiger partial charge < -0.3 is 15.8 Å². The predicted molar refractivity (Wildman–Crippen MR) is 104 cm³/mol. The van der Waals surface area contributed by atoms with Gasteiger partial charge in [-0.3, -0.25) is 4.57 Å². The fourth-order valence-electron chi connectivity index (χ4n) is 3.33. The van der Waals surface area contributed by atoms with Crippen LogP contribution < -0.4 is 21.5 Å². The summed E-state index contributed by atoms with van der Waals surface area (Å²) in [5, 5.41) is 3.19. The van der Waals surface area contributed by atoms with E-state index in [-0.39, 0.29) is 17.8 Å². The van der Waals surface area contributed by atoms with E-state index in [1.165, 1.54) is 6.42 Å². The molecule has 1 aliphatic heterocycles. The smallest absolute Gasteiger partial charge is 0.350 e. The number of nitrogens with two attached hydrogens (primary N) is 1. The molecule has 6 nitrogen and oxygen atoms in total. The Morgan fingerprint density at radius 1 is 1.23 bits per heavy atom. The van der Waals surface area contributed by atoms with Crippen LogP contribution in [-0.2, 0) is 0 Å². The van der Waals surface area contributed by atoms with Crippen molar-refractivity contribution < 1.29 is 4.74 Å². The predicted octanol–water partition coefficient (Wildman–Crippen LogP) is 4.26. The van der Waals surface area contributed by atoms with Crippen molar-refractivity contribution in [3.05, 3.63) is 40.4 Å². The first kappa shape index (κ1) is 18.5. The summed E-state index contributed by atoms with van der Waals surface area (Å²) in [5.41, 5.74) is 7.67. The summed E-state index contributed by atoms with van der Waals surface area (Å²) in [6, 6.07) is 6.31.